The molecule has 6 nitrogen and oxygen atoms in total. The van der Waals surface area contributed by atoms with Gasteiger partial charge in [0.05, 0.1) is 17.2 Å². The zero-order chi connectivity index (χ0) is 24.5. The fourth-order valence-electron chi connectivity index (χ4n) is 4.01. The molecule has 0 bridgehead atoms. The quantitative estimate of drug-likeness (QED) is 0.565. The first-order valence-corrected chi connectivity index (χ1v) is 10.3. The van der Waals surface area contributed by atoms with Crippen LogP contribution in [0.3, 0.4) is 0 Å². The van der Waals surface area contributed by atoms with E-state index in [1.807, 2.05) is 11.0 Å². The molecule has 1 fully saturated rings. The lowest BCUT2D eigenvalue weighted by Crippen LogP contribution is -2.48. The van der Waals surface area contributed by atoms with E-state index in [1.165, 1.54) is 24.5 Å². The summed E-state index contributed by atoms with van der Waals surface area (Å²) in [5.74, 6) is -1.02. The van der Waals surface area contributed by atoms with Crippen LogP contribution in [0.5, 0.6) is 0 Å². The number of anilines is 2. The Morgan fingerprint density at radius 3 is 2.26 bits per heavy atom. The summed E-state index contributed by atoms with van der Waals surface area (Å²) in [5.41, 5.74) is 5.94. The normalized spacial score (nSPS) is 15.7. The van der Waals surface area contributed by atoms with Crippen LogP contribution in [0.1, 0.15) is 17.2 Å². The van der Waals surface area contributed by atoms with Gasteiger partial charge in [-0.2, -0.15) is 18.4 Å². The van der Waals surface area contributed by atoms with E-state index in [1.54, 1.807) is 17.0 Å². The smallest absolute Gasteiger partial charge is 0.383 e. The molecular weight excluding hydrogens is 455 g/mol. The predicted molar refractivity (Wildman–Crippen MR) is 115 cm³/mol. The fourth-order valence-corrected chi connectivity index (χ4v) is 4.01. The van der Waals surface area contributed by atoms with E-state index >= 15 is 0 Å². The highest BCUT2D eigenvalue weighted by Gasteiger charge is 2.36. The third-order valence-corrected chi connectivity index (χ3v) is 5.70. The number of benzene rings is 2. The molecule has 2 N–H and O–H groups in total. The SMILES string of the molecule is N#CC(c1ccc(F)c(C(F)(F)F)c1)N1CCN(c2ncnc(N)c2-c2ccc(F)cc2)CC1. The zero-order valence-corrected chi connectivity index (χ0v) is 17.7. The second kappa shape index (κ2) is 9.23. The van der Waals surface area contributed by atoms with E-state index in [0.29, 0.717) is 49.2 Å². The first kappa shape index (κ1) is 23.4. The second-order valence-corrected chi connectivity index (χ2v) is 7.76. The average molecular weight is 474 g/mol. The van der Waals surface area contributed by atoms with Crippen molar-refractivity contribution in [1.29, 1.82) is 5.26 Å². The summed E-state index contributed by atoms with van der Waals surface area (Å²) in [5, 5.41) is 9.68. The van der Waals surface area contributed by atoms with E-state index in [9.17, 15) is 27.2 Å². The molecule has 1 saturated heterocycles. The third-order valence-electron chi connectivity index (χ3n) is 5.70. The summed E-state index contributed by atoms with van der Waals surface area (Å²) in [6, 6.07) is 9.42. The Morgan fingerprint density at radius 1 is 0.971 bits per heavy atom. The number of nitrogen functional groups attached to an aromatic ring is 1. The summed E-state index contributed by atoms with van der Waals surface area (Å²) in [4.78, 5) is 12.0. The number of hydrogen-bond donors (Lipinski definition) is 1. The maximum absolute atomic E-state index is 13.7. The molecule has 176 valence electrons. The molecule has 11 heteroatoms. The molecule has 0 spiro atoms. The molecule has 2 heterocycles. The molecule has 1 aliphatic heterocycles. The van der Waals surface area contributed by atoms with Crippen LogP contribution >= 0.6 is 0 Å². The Labute approximate surface area is 192 Å². The Balaban J connectivity index is 1.56. The average Bonchev–Trinajstić information content (AvgIpc) is 2.81. The first-order chi connectivity index (χ1) is 16.2. The van der Waals surface area contributed by atoms with Crippen LogP contribution in [0.15, 0.2) is 48.8 Å². The molecule has 1 atom stereocenters. The van der Waals surface area contributed by atoms with Gasteiger partial charge in [0.25, 0.3) is 0 Å². The molecule has 34 heavy (non-hydrogen) atoms. The molecule has 1 aliphatic rings. The van der Waals surface area contributed by atoms with Gasteiger partial charge in [-0.1, -0.05) is 18.2 Å². The van der Waals surface area contributed by atoms with Gasteiger partial charge < -0.3 is 10.6 Å². The van der Waals surface area contributed by atoms with Crippen molar-refractivity contribution in [1.82, 2.24) is 14.9 Å². The molecule has 3 aromatic rings. The summed E-state index contributed by atoms with van der Waals surface area (Å²) < 4.78 is 66.4. The Kier molecular flexibility index (Phi) is 6.34. The van der Waals surface area contributed by atoms with Gasteiger partial charge in [-0.05, 0) is 35.4 Å². The zero-order valence-electron chi connectivity index (χ0n) is 17.7. The minimum atomic E-state index is -4.86. The summed E-state index contributed by atoms with van der Waals surface area (Å²) in [6.07, 6.45) is -3.54. The number of alkyl halides is 3. The Hall–Kier alpha value is -3.78. The van der Waals surface area contributed by atoms with E-state index < -0.39 is 29.4 Å². The summed E-state index contributed by atoms with van der Waals surface area (Å²) >= 11 is 0. The molecule has 1 unspecified atom stereocenters. The molecule has 0 saturated carbocycles. The van der Waals surface area contributed by atoms with E-state index in [-0.39, 0.29) is 11.4 Å². The number of halogens is 5. The van der Waals surface area contributed by atoms with Crippen molar-refractivity contribution in [2.24, 2.45) is 0 Å². The van der Waals surface area contributed by atoms with Gasteiger partial charge in [0.1, 0.15) is 35.6 Å². The minimum absolute atomic E-state index is 0.0722. The lowest BCUT2D eigenvalue weighted by Gasteiger charge is -2.38. The van der Waals surface area contributed by atoms with E-state index in [0.717, 1.165) is 6.07 Å². The van der Waals surface area contributed by atoms with Crippen LogP contribution in [-0.2, 0) is 6.18 Å². The van der Waals surface area contributed by atoms with Gasteiger partial charge in [0.15, 0.2) is 0 Å². The van der Waals surface area contributed by atoms with Crippen molar-refractivity contribution < 1.29 is 22.0 Å². The number of rotatable bonds is 4. The van der Waals surface area contributed by atoms with Gasteiger partial charge in [-0.3, -0.25) is 4.90 Å². The number of hydrogen-bond acceptors (Lipinski definition) is 6. The summed E-state index contributed by atoms with van der Waals surface area (Å²) in [7, 11) is 0. The number of aromatic nitrogens is 2. The highest BCUT2D eigenvalue weighted by Crippen LogP contribution is 2.36. The van der Waals surface area contributed by atoms with Crippen molar-refractivity contribution in [2.45, 2.75) is 12.2 Å². The van der Waals surface area contributed by atoms with Crippen molar-refractivity contribution in [2.75, 3.05) is 36.8 Å². The number of piperazine rings is 1. The lowest BCUT2D eigenvalue weighted by atomic mass is 10.0. The lowest BCUT2D eigenvalue weighted by molar-refractivity contribution is -0.140. The van der Waals surface area contributed by atoms with Crippen LogP contribution in [0.2, 0.25) is 0 Å². The maximum atomic E-state index is 13.7. The molecular formula is C23H19F5N6. The van der Waals surface area contributed by atoms with Crippen molar-refractivity contribution in [3.63, 3.8) is 0 Å². The van der Waals surface area contributed by atoms with Crippen LogP contribution < -0.4 is 10.6 Å². The molecule has 2 aromatic carbocycles. The predicted octanol–water partition coefficient (Wildman–Crippen LogP) is 4.41. The number of nitriles is 1. The molecule has 0 radical (unpaired) electrons. The highest BCUT2D eigenvalue weighted by molar-refractivity contribution is 5.84. The van der Waals surface area contributed by atoms with Crippen molar-refractivity contribution in [3.8, 4) is 17.2 Å². The van der Waals surface area contributed by atoms with Gasteiger partial charge in [0, 0.05) is 26.2 Å². The third kappa shape index (κ3) is 4.63. The van der Waals surface area contributed by atoms with E-state index in [2.05, 4.69) is 9.97 Å². The monoisotopic (exact) mass is 474 g/mol. The van der Waals surface area contributed by atoms with Crippen LogP contribution in [0.25, 0.3) is 11.1 Å². The van der Waals surface area contributed by atoms with Crippen LogP contribution in [0, 0.1) is 23.0 Å². The molecule has 4 rings (SSSR count). The minimum Gasteiger partial charge on any atom is -0.383 e. The fraction of sp³-hybridized carbons (Fsp3) is 0.261. The van der Waals surface area contributed by atoms with Crippen LogP contribution in [-0.4, -0.2) is 41.0 Å². The molecule has 0 amide bonds. The standard InChI is InChI=1S/C23H19F5N6/c24-16-4-1-14(2-5-16)20-21(30)31-13-32-22(20)34-9-7-33(8-10-34)19(12-29)15-3-6-18(25)17(11-15)23(26,27)28/h1-6,11,13,19H,7-10H2,(H2,30,31,32). The number of nitrogens with zero attached hydrogens (tertiary/aromatic N) is 5. The van der Waals surface area contributed by atoms with Crippen LogP contribution in [0.4, 0.5) is 33.6 Å². The Bertz CT molecular complexity index is 1210. The van der Waals surface area contributed by atoms with E-state index in [4.69, 9.17) is 5.73 Å². The topological polar surface area (TPSA) is 82.1 Å². The summed E-state index contributed by atoms with van der Waals surface area (Å²) in [6.45, 7) is 1.47. The largest absolute Gasteiger partial charge is 0.419 e. The number of nitrogens with two attached hydrogens (primary N) is 1. The Morgan fingerprint density at radius 2 is 1.65 bits per heavy atom. The van der Waals surface area contributed by atoms with Crippen molar-refractivity contribution >= 4 is 11.6 Å². The molecule has 0 aliphatic carbocycles. The first-order valence-electron chi connectivity index (χ1n) is 10.3. The molecule has 1 aromatic heterocycles. The second-order valence-electron chi connectivity index (χ2n) is 7.76. The van der Waals surface area contributed by atoms with Crippen molar-refractivity contribution in [3.05, 3.63) is 71.6 Å². The van der Waals surface area contributed by atoms with Gasteiger partial charge >= 0.3 is 6.18 Å². The van der Waals surface area contributed by atoms with Gasteiger partial charge in [-0.25, -0.2) is 18.7 Å². The van der Waals surface area contributed by atoms with Gasteiger partial charge in [-0.15, -0.1) is 0 Å². The van der Waals surface area contributed by atoms with Gasteiger partial charge in [0.2, 0.25) is 0 Å². The highest BCUT2D eigenvalue weighted by atomic mass is 19.4. The maximum Gasteiger partial charge on any atom is 0.419 e.